The van der Waals surface area contributed by atoms with Gasteiger partial charge >= 0.3 is 0 Å². The third kappa shape index (κ3) is 3.88. The zero-order valence-electron chi connectivity index (χ0n) is 14.6. The number of nitrogens with zero attached hydrogens (tertiary/aromatic N) is 1. The van der Waals surface area contributed by atoms with Crippen LogP contribution in [0.25, 0.3) is 0 Å². The molecule has 5 heteroatoms. The summed E-state index contributed by atoms with van der Waals surface area (Å²) in [5.74, 6) is 0. The molecule has 0 aromatic carbocycles. The largest absolute Gasteiger partial charge is 0.417 e. The fourth-order valence-corrected chi connectivity index (χ4v) is 4.20. The third-order valence-corrected chi connectivity index (χ3v) is 10.4. The average molecular weight is 316 g/mol. The fraction of sp³-hybridized carbons (Fsp3) is 1.00. The van der Waals surface area contributed by atoms with Gasteiger partial charge in [-0.05, 0) is 44.4 Å². The molecule has 2 saturated heterocycles. The molecule has 2 aliphatic heterocycles. The lowest BCUT2D eigenvalue weighted by atomic mass is 9.80. The number of ether oxygens (including phenoxy) is 1. The summed E-state index contributed by atoms with van der Waals surface area (Å²) >= 11 is 0. The second kappa shape index (κ2) is 5.93. The van der Waals surface area contributed by atoms with Gasteiger partial charge in [0.15, 0.2) is 8.32 Å². The first kappa shape index (κ1) is 17.4. The van der Waals surface area contributed by atoms with Crippen LogP contribution in [-0.4, -0.2) is 62.9 Å². The van der Waals surface area contributed by atoms with Crippen molar-refractivity contribution in [2.45, 2.75) is 75.9 Å². The van der Waals surface area contributed by atoms with E-state index in [1.54, 1.807) is 0 Å². The van der Waals surface area contributed by atoms with Crippen LogP contribution < -0.4 is 0 Å². The molecule has 2 heterocycles. The van der Waals surface area contributed by atoms with E-state index in [0.717, 1.165) is 32.5 Å². The number of morpholine rings is 1. The minimum atomic E-state index is -1.71. The summed E-state index contributed by atoms with van der Waals surface area (Å²) in [6, 6.07) is 0.714. The molecule has 2 unspecified atom stereocenters. The van der Waals surface area contributed by atoms with Gasteiger partial charge in [0, 0.05) is 18.7 Å². The van der Waals surface area contributed by atoms with Crippen LogP contribution >= 0.6 is 0 Å². The zero-order valence-corrected chi connectivity index (χ0v) is 15.6. The molecular formula is C16H33NO3Si. The van der Waals surface area contributed by atoms with Crippen molar-refractivity contribution in [2.24, 2.45) is 0 Å². The smallest absolute Gasteiger partial charge is 0.191 e. The first-order chi connectivity index (χ1) is 9.54. The van der Waals surface area contributed by atoms with Gasteiger partial charge in [-0.1, -0.05) is 20.8 Å². The van der Waals surface area contributed by atoms with Crippen LogP contribution in [0.4, 0.5) is 0 Å². The second-order valence-corrected chi connectivity index (χ2v) is 13.3. The fourth-order valence-electron chi connectivity index (χ4n) is 3.16. The number of hydrogen-bond acceptors (Lipinski definition) is 4. The Balaban J connectivity index is 1.88. The summed E-state index contributed by atoms with van der Waals surface area (Å²) in [6.07, 6.45) is 2.36. The molecule has 1 N–H and O–H groups in total. The highest BCUT2D eigenvalue weighted by molar-refractivity contribution is 6.74. The van der Waals surface area contributed by atoms with Gasteiger partial charge in [-0.25, -0.2) is 0 Å². The summed E-state index contributed by atoms with van der Waals surface area (Å²) in [6.45, 7) is 13.5. The second-order valence-electron chi connectivity index (χ2n) is 8.50. The van der Waals surface area contributed by atoms with Crippen LogP contribution in [0.1, 0.15) is 40.0 Å². The minimum absolute atomic E-state index is 0.229. The molecule has 0 aromatic heterocycles. The van der Waals surface area contributed by atoms with Gasteiger partial charge in [0.25, 0.3) is 0 Å². The monoisotopic (exact) mass is 315 g/mol. The number of likely N-dealkylation sites (N-methyl/N-ethyl adjacent to an activating group) is 1. The molecule has 0 saturated carbocycles. The van der Waals surface area contributed by atoms with Crippen molar-refractivity contribution in [3.05, 3.63) is 0 Å². The molecule has 2 rings (SSSR count). The number of hydrogen-bond donors (Lipinski definition) is 1. The van der Waals surface area contributed by atoms with E-state index in [9.17, 15) is 5.11 Å². The van der Waals surface area contributed by atoms with Crippen LogP contribution in [0.3, 0.4) is 0 Å². The van der Waals surface area contributed by atoms with Gasteiger partial charge in [-0.2, -0.15) is 0 Å². The van der Waals surface area contributed by atoms with E-state index in [1.165, 1.54) is 0 Å². The molecule has 2 atom stereocenters. The lowest BCUT2D eigenvalue weighted by molar-refractivity contribution is -0.138. The predicted octanol–water partition coefficient (Wildman–Crippen LogP) is 2.62. The maximum atomic E-state index is 10.9. The van der Waals surface area contributed by atoms with E-state index >= 15 is 0 Å². The van der Waals surface area contributed by atoms with Gasteiger partial charge in [-0.15, -0.1) is 0 Å². The van der Waals surface area contributed by atoms with Crippen LogP contribution in [0.2, 0.25) is 18.1 Å². The molecule has 2 aliphatic rings. The highest BCUT2D eigenvalue weighted by Gasteiger charge is 2.45. The molecule has 2 bridgehead atoms. The Morgan fingerprint density at radius 2 is 1.76 bits per heavy atom. The Hall–Kier alpha value is 0.0569. The third-order valence-electron chi connectivity index (χ3n) is 5.84. The summed E-state index contributed by atoms with van der Waals surface area (Å²) in [7, 11) is 0.446. The van der Waals surface area contributed by atoms with Crippen molar-refractivity contribution < 1.29 is 14.3 Å². The van der Waals surface area contributed by atoms with Gasteiger partial charge in [0.05, 0.1) is 18.8 Å². The van der Waals surface area contributed by atoms with E-state index in [0.29, 0.717) is 18.7 Å². The predicted molar refractivity (Wildman–Crippen MR) is 88.1 cm³/mol. The lowest BCUT2D eigenvalue weighted by Crippen LogP contribution is -2.60. The lowest BCUT2D eigenvalue weighted by Gasteiger charge is -2.50. The van der Waals surface area contributed by atoms with Gasteiger partial charge in [0.1, 0.15) is 0 Å². The number of fused-ring (bicyclic) bond motifs is 2. The summed E-state index contributed by atoms with van der Waals surface area (Å²) < 4.78 is 11.9. The molecule has 0 aliphatic carbocycles. The van der Waals surface area contributed by atoms with E-state index in [2.05, 4.69) is 45.8 Å². The molecule has 4 nitrogen and oxygen atoms in total. The Kier molecular flexibility index (Phi) is 4.91. The maximum absolute atomic E-state index is 10.9. The van der Waals surface area contributed by atoms with Crippen molar-refractivity contribution in [1.82, 2.24) is 4.90 Å². The first-order valence-electron chi connectivity index (χ1n) is 8.20. The highest BCUT2D eigenvalue weighted by Crippen LogP contribution is 2.38. The molecule has 0 radical (unpaired) electrons. The summed E-state index contributed by atoms with van der Waals surface area (Å²) in [4.78, 5) is 2.38. The van der Waals surface area contributed by atoms with E-state index in [-0.39, 0.29) is 5.04 Å². The average Bonchev–Trinajstić information content (AvgIpc) is 2.30. The van der Waals surface area contributed by atoms with E-state index in [4.69, 9.17) is 9.16 Å². The quantitative estimate of drug-likeness (QED) is 0.810. The SMILES string of the molecule is CN1C2COCC1CC(O)(CCO[Si](C)(C)C(C)(C)C)C2. The molecule has 0 aromatic rings. The van der Waals surface area contributed by atoms with Crippen molar-refractivity contribution in [3.63, 3.8) is 0 Å². The van der Waals surface area contributed by atoms with E-state index < -0.39 is 13.9 Å². The topological polar surface area (TPSA) is 41.9 Å². The molecule has 124 valence electrons. The van der Waals surface area contributed by atoms with Gasteiger partial charge < -0.3 is 14.3 Å². The first-order valence-corrected chi connectivity index (χ1v) is 11.1. The molecule has 21 heavy (non-hydrogen) atoms. The Morgan fingerprint density at radius 1 is 1.24 bits per heavy atom. The van der Waals surface area contributed by atoms with Crippen LogP contribution in [0.15, 0.2) is 0 Å². The maximum Gasteiger partial charge on any atom is 0.191 e. The molecule has 0 spiro atoms. The van der Waals surface area contributed by atoms with Crippen LogP contribution in [-0.2, 0) is 9.16 Å². The van der Waals surface area contributed by atoms with Gasteiger partial charge in [0.2, 0.25) is 0 Å². The van der Waals surface area contributed by atoms with Gasteiger partial charge in [-0.3, -0.25) is 4.90 Å². The number of rotatable bonds is 4. The Morgan fingerprint density at radius 3 is 2.24 bits per heavy atom. The standard InChI is InChI=1S/C16H33NO3Si/c1-15(2,3)21(5,6)20-8-7-16(18)9-13-11-19-12-14(10-16)17(13)4/h13-14,18H,7-12H2,1-6H3. The normalized spacial score (nSPS) is 35.0. The van der Waals surface area contributed by atoms with Crippen molar-refractivity contribution in [3.8, 4) is 0 Å². The zero-order chi connectivity index (χ0) is 15.9. The molecule has 0 amide bonds. The minimum Gasteiger partial charge on any atom is -0.417 e. The molecular weight excluding hydrogens is 282 g/mol. The van der Waals surface area contributed by atoms with Crippen molar-refractivity contribution >= 4 is 8.32 Å². The Bertz CT molecular complexity index is 353. The highest BCUT2D eigenvalue weighted by atomic mass is 28.4. The number of aliphatic hydroxyl groups is 1. The summed E-state index contributed by atoms with van der Waals surface area (Å²) in [5.41, 5.74) is -0.575. The molecule has 2 fully saturated rings. The van der Waals surface area contributed by atoms with Crippen LogP contribution in [0, 0.1) is 0 Å². The Labute approximate surface area is 130 Å². The van der Waals surface area contributed by atoms with Crippen molar-refractivity contribution in [2.75, 3.05) is 26.9 Å². The van der Waals surface area contributed by atoms with E-state index in [1.807, 2.05) is 0 Å². The van der Waals surface area contributed by atoms with Crippen molar-refractivity contribution in [1.29, 1.82) is 0 Å². The number of piperidine rings is 1. The van der Waals surface area contributed by atoms with Crippen LogP contribution in [0.5, 0.6) is 0 Å². The summed E-state index contributed by atoms with van der Waals surface area (Å²) in [5, 5.41) is 11.2.